The first-order chi connectivity index (χ1) is 14.6. The average molecular weight is 427 g/mol. The van der Waals surface area contributed by atoms with Crippen LogP contribution >= 0.6 is 11.6 Å². The molecule has 4 rings (SSSR count). The maximum absolute atomic E-state index is 12.1. The first-order valence-corrected chi connectivity index (χ1v) is 10.3. The summed E-state index contributed by atoms with van der Waals surface area (Å²) in [6.07, 6.45) is -0.279. The highest BCUT2D eigenvalue weighted by atomic mass is 35.5. The molecule has 1 aliphatic heterocycles. The molecule has 0 bridgehead atoms. The van der Waals surface area contributed by atoms with Crippen LogP contribution in [0.15, 0.2) is 42.5 Å². The van der Waals surface area contributed by atoms with Crippen molar-refractivity contribution in [1.82, 2.24) is 14.9 Å². The smallest absolute Gasteiger partial charge is 0.409 e. The van der Waals surface area contributed by atoms with Gasteiger partial charge in [-0.2, -0.15) is 0 Å². The Balaban J connectivity index is 1.76. The third kappa shape index (κ3) is 3.85. The predicted molar refractivity (Wildman–Crippen MR) is 117 cm³/mol. The molecule has 7 nitrogen and oxygen atoms in total. The number of hydrogen-bond donors (Lipinski definition) is 0. The van der Waals surface area contributed by atoms with Gasteiger partial charge in [0.2, 0.25) is 0 Å². The Labute approximate surface area is 180 Å². The molecule has 1 amide bonds. The maximum atomic E-state index is 12.1. The average Bonchev–Trinajstić information content (AvgIpc) is 2.78. The summed E-state index contributed by atoms with van der Waals surface area (Å²) in [5.41, 5.74) is 1.55. The number of amides is 1. The number of fused-ring (bicyclic) bond motifs is 1. The van der Waals surface area contributed by atoms with Crippen molar-refractivity contribution < 1.29 is 14.3 Å². The van der Waals surface area contributed by atoms with Gasteiger partial charge < -0.3 is 19.3 Å². The zero-order valence-corrected chi connectivity index (χ0v) is 17.7. The van der Waals surface area contributed by atoms with Crippen molar-refractivity contribution in [2.75, 3.05) is 44.8 Å². The number of methoxy groups -OCH3 is 1. The summed E-state index contributed by atoms with van der Waals surface area (Å²) in [5.74, 6) is 2.04. The lowest BCUT2D eigenvalue weighted by molar-refractivity contribution is 0.105. The van der Waals surface area contributed by atoms with Crippen molar-refractivity contribution in [3.63, 3.8) is 0 Å². The number of anilines is 1. The van der Waals surface area contributed by atoms with Crippen molar-refractivity contribution in [1.29, 1.82) is 0 Å². The molecule has 8 heteroatoms. The standard InChI is InChI=1S/C22H23ClN4O3/c1-3-30-22(28)27-13-11-26(12-14-27)21-19-17(9-6-10-18(19)29-2)24-20(25-21)15-7-4-5-8-16(15)23/h4-10H,3,11-14H2,1-2H3. The van der Waals surface area contributed by atoms with Gasteiger partial charge >= 0.3 is 6.09 Å². The fraction of sp³-hybridized carbons (Fsp3) is 0.318. The number of carbonyl (C=O) groups is 1. The van der Waals surface area contributed by atoms with Crippen molar-refractivity contribution in [2.24, 2.45) is 0 Å². The summed E-state index contributed by atoms with van der Waals surface area (Å²) >= 11 is 6.41. The zero-order chi connectivity index (χ0) is 21.1. The van der Waals surface area contributed by atoms with E-state index in [9.17, 15) is 4.79 Å². The predicted octanol–water partition coefficient (Wildman–Crippen LogP) is 4.24. The Kier molecular flexibility index (Phi) is 5.90. The van der Waals surface area contributed by atoms with Crippen LogP contribution in [0.1, 0.15) is 6.92 Å². The minimum atomic E-state index is -0.279. The van der Waals surface area contributed by atoms with Crippen LogP contribution in [-0.4, -0.2) is 60.9 Å². The second-order valence-corrected chi connectivity index (χ2v) is 7.29. The van der Waals surface area contributed by atoms with Gasteiger partial charge in [-0.3, -0.25) is 0 Å². The number of carbonyl (C=O) groups excluding carboxylic acids is 1. The molecule has 156 valence electrons. The summed E-state index contributed by atoms with van der Waals surface area (Å²) in [7, 11) is 1.64. The van der Waals surface area contributed by atoms with E-state index in [-0.39, 0.29) is 6.09 Å². The fourth-order valence-electron chi connectivity index (χ4n) is 3.61. The fourth-order valence-corrected chi connectivity index (χ4v) is 3.83. The van der Waals surface area contributed by atoms with Gasteiger partial charge in [0.15, 0.2) is 5.82 Å². The van der Waals surface area contributed by atoms with E-state index in [1.165, 1.54) is 0 Å². The van der Waals surface area contributed by atoms with Crippen LogP contribution in [0.4, 0.5) is 10.6 Å². The summed E-state index contributed by atoms with van der Waals surface area (Å²) < 4.78 is 10.7. The van der Waals surface area contributed by atoms with Crippen molar-refractivity contribution in [2.45, 2.75) is 6.92 Å². The third-order valence-electron chi connectivity index (χ3n) is 5.11. The van der Waals surface area contributed by atoms with Crippen LogP contribution in [0.2, 0.25) is 5.02 Å². The van der Waals surface area contributed by atoms with Crippen molar-refractivity contribution in [3.8, 4) is 17.1 Å². The molecule has 0 atom stereocenters. The van der Waals surface area contributed by atoms with Gasteiger partial charge in [-0.05, 0) is 31.2 Å². The van der Waals surface area contributed by atoms with E-state index in [1.807, 2.05) is 49.4 Å². The van der Waals surface area contributed by atoms with Crippen LogP contribution in [0.3, 0.4) is 0 Å². The van der Waals surface area contributed by atoms with Crippen LogP contribution in [-0.2, 0) is 4.74 Å². The number of aromatic nitrogens is 2. The van der Waals surface area contributed by atoms with Gasteiger partial charge in [0.25, 0.3) is 0 Å². The van der Waals surface area contributed by atoms with E-state index in [2.05, 4.69) is 4.90 Å². The molecule has 1 fully saturated rings. The molecule has 0 radical (unpaired) electrons. The van der Waals surface area contributed by atoms with E-state index in [0.717, 1.165) is 22.3 Å². The minimum Gasteiger partial charge on any atom is -0.496 e. The molecule has 0 unspecified atom stereocenters. The Hall–Kier alpha value is -3.06. The van der Waals surface area contributed by atoms with Crippen LogP contribution in [0.25, 0.3) is 22.3 Å². The number of hydrogen-bond acceptors (Lipinski definition) is 6. The third-order valence-corrected chi connectivity index (χ3v) is 5.44. The summed E-state index contributed by atoms with van der Waals surface area (Å²) in [5, 5.41) is 1.44. The molecular weight excluding hydrogens is 404 g/mol. The van der Waals surface area contributed by atoms with E-state index in [0.29, 0.717) is 49.4 Å². The Morgan fingerprint density at radius 2 is 1.83 bits per heavy atom. The molecule has 0 N–H and O–H groups in total. The topological polar surface area (TPSA) is 67.8 Å². The number of ether oxygens (including phenoxy) is 2. The van der Waals surface area contributed by atoms with E-state index in [4.69, 9.17) is 31.0 Å². The molecular formula is C22H23ClN4O3. The number of benzene rings is 2. The number of nitrogens with zero attached hydrogens (tertiary/aromatic N) is 4. The van der Waals surface area contributed by atoms with Crippen molar-refractivity contribution in [3.05, 3.63) is 47.5 Å². The zero-order valence-electron chi connectivity index (χ0n) is 17.0. The van der Waals surface area contributed by atoms with Gasteiger partial charge in [-0.1, -0.05) is 29.8 Å². The summed E-state index contributed by atoms with van der Waals surface area (Å²) in [4.78, 5) is 25.6. The second kappa shape index (κ2) is 8.75. The lowest BCUT2D eigenvalue weighted by Crippen LogP contribution is -2.49. The second-order valence-electron chi connectivity index (χ2n) is 6.88. The summed E-state index contributed by atoms with van der Waals surface area (Å²) in [6.45, 7) is 4.55. The van der Waals surface area contributed by atoms with Crippen molar-refractivity contribution >= 4 is 34.4 Å². The van der Waals surface area contributed by atoms with Crippen LogP contribution < -0.4 is 9.64 Å². The molecule has 1 saturated heterocycles. The highest BCUT2D eigenvalue weighted by Gasteiger charge is 2.26. The Morgan fingerprint density at radius 1 is 1.07 bits per heavy atom. The monoisotopic (exact) mass is 426 g/mol. The normalized spacial score (nSPS) is 14.1. The maximum Gasteiger partial charge on any atom is 0.409 e. The first kappa shape index (κ1) is 20.2. The van der Waals surface area contributed by atoms with E-state index in [1.54, 1.807) is 12.0 Å². The molecule has 2 heterocycles. The molecule has 1 aromatic heterocycles. The number of rotatable bonds is 4. The van der Waals surface area contributed by atoms with Gasteiger partial charge in [0.05, 0.1) is 29.6 Å². The molecule has 3 aromatic rings. The van der Waals surface area contributed by atoms with E-state index >= 15 is 0 Å². The lowest BCUT2D eigenvalue weighted by Gasteiger charge is -2.35. The first-order valence-electron chi connectivity index (χ1n) is 9.88. The lowest BCUT2D eigenvalue weighted by atomic mass is 10.1. The Morgan fingerprint density at radius 3 is 2.53 bits per heavy atom. The van der Waals surface area contributed by atoms with Gasteiger partial charge in [-0.25, -0.2) is 14.8 Å². The number of halogens is 1. The Bertz CT molecular complexity index is 1070. The number of piperazine rings is 1. The highest BCUT2D eigenvalue weighted by Crippen LogP contribution is 2.36. The molecule has 0 spiro atoms. The molecule has 0 aliphatic carbocycles. The van der Waals surface area contributed by atoms with Gasteiger partial charge in [-0.15, -0.1) is 0 Å². The summed E-state index contributed by atoms with van der Waals surface area (Å²) in [6, 6.07) is 13.3. The van der Waals surface area contributed by atoms with Gasteiger partial charge in [0, 0.05) is 31.7 Å². The molecule has 30 heavy (non-hydrogen) atoms. The van der Waals surface area contributed by atoms with Gasteiger partial charge in [0.1, 0.15) is 11.6 Å². The molecule has 2 aromatic carbocycles. The quantitative estimate of drug-likeness (QED) is 0.621. The largest absolute Gasteiger partial charge is 0.496 e. The SMILES string of the molecule is CCOC(=O)N1CCN(c2nc(-c3ccccc3Cl)nc3cccc(OC)c23)CC1. The molecule has 1 aliphatic rings. The highest BCUT2D eigenvalue weighted by molar-refractivity contribution is 6.33. The van der Waals surface area contributed by atoms with Crippen LogP contribution in [0, 0.1) is 0 Å². The van der Waals surface area contributed by atoms with E-state index < -0.39 is 0 Å². The minimum absolute atomic E-state index is 0.279. The van der Waals surface area contributed by atoms with Crippen LogP contribution in [0.5, 0.6) is 5.75 Å². The molecule has 0 saturated carbocycles.